The lowest BCUT2D eigenvalue weighted by Crippen LogP contribution is -2.48. The van der Waals surface area contributed by atoms with Crippen LogP contribution in [-0.4, -0.2) is 61.1 Å². The summed E-state index contributed by atoms with van der Waals surface area (Å²) < 4.78 is 25.2. The summed E-state index contributed by atoms with van der Waals surface area (Å²) in [5, 5.41) is 13.6. The van der Waals surface area contributed by atoms with E-state index in [4.69, 9.17) is 0 Å². The van der Waals surface area contributed by atoms with Crippen molar-refractivity contribution in [2.24, 2.45) is 5.16 Å². The molecule has 1 aromatic heterocycles. The highest BCUT2D eigenvalue weighted by Crippen LogP contribution is 2.33. The van der Waals surface area contributed by atoms with E-state index in [1.165, 1.54) is 21.7 Å². The fraction of sp³-hybridized carbons (Fsp3) is 0.333. The highest BCUT2D eigenvalue weighted by Gasteiger charge is 2.24. The van der Waals surface area contributed by atoms with Crippen molar-refractivity contribution in [2.75, 3.05) is 37.3 Å². The first-order valence-electron chi connectivity index (χ1n) is 11.8. The average Bonchev–Trinajstić information content (AvgIpc) is 2.85. The number of hydrogen-bond acceptors (Lipinski definition) is 6. The van der Waals surface area contributed by atoms with Crippen LogP contribution in [-0.2, 0) is 10.0 Å². The number of piperazine rings is 1. The topological polar surface area (TPSA) is 86.1 Å². The van der Waals surface area contributed by atoms with E-state index in [9.17, 15) is 13.6 Å². The molecule has 0 amide bonds. The lowest BCUT2D eigenvalue weighted by molar-refractivity contribution is 0.317. The second-order valence-electron chi connectivity index (χ2n) is 9.09. The lowest BCUT2D eigenvalue weighted by Gasteiger charge is -2.35. The zero-order valence-electron chi connectivity index (χ0n) is 20.4. The van der Waals surface area contributed by atoms with E-state index in [1.54, 1.807) is 6.20 Å². The molecule has 0 aliphatic carbocycles. The van der Waals surface area contributed by atoms with Gasteiger partial charge in [-0.2, -0.15) is 4.31 Å². The third-order valence-electron chi connectivity index (χ3n) is 6.68. The molecule has 1 fully saturated rings. The molecule has 1 aliphatic rings. The molecule has 0 bridgehead atoms. The molecule has 3 aromatic rings. The highest BCUT2D eigenvalue weighted by atomic mass is 32.2. The van der Waals surface area contributed by atoms with Gasteiger partial charge in [-0.1, -0.05) is 41.6 Å². The predicted molar refractivity (Wildman–Crippen MR) is 140 cm³/mol. The van der Waals surface area contributed by atoms with E-state index in [0.29, 0.717) is 38.3 Å². The molecular weight excluding hydrogens is 460 g/mol. The second kappa shape index (κ2) is 10.6. The third-order valence-corrected chi connectivity index (χ3v) is 7.98. The fourth-order valence-electron chi connectivity index (χ4n) is 4.72. The number of sulfonamides is 1. The zero-order chi connectivity index (χ0) is 25.0. The molecule has 7 nitrogen and oxygen atoms in total. The third kappa shape index (κ3) is 5.89. The first-order chi connectivity index (χ1) is 16.8. The van der Waals surface area contributed by atoms with Gasteiger partial charge in [0.2, 0.25) is 10.0 Å². The second-order valence-corrected chi connectivity index (χ2v) is 11.1. The van der Waals surface area contributed by atoms with Crippen LogP contribution >= 0.6 is 0 Å². The van der Waals surface area contributed by atoms with Gasteiger partial charge in [-0.25, -0.2) is 8.42 Å². The van der Waals surface area contributed by atoms with Crippen LogP contribution in [0.5, 0.6) is 0 Å². The van der Waals surface area contributed by atoms with Crippen molar-refractivity contribution < 1.29 is 13.6 Å². The number of aromatic nitrogens is 1. The van der Waals surface area contributed by atoms with Crippen molar-refractivity contribution in [3.8, 4) is 0 Å². The van der Waals surface area contributed by atoms with Gasteiger partial charge in [0.1, 0.15) is 0 Å². The molecule has 0 spiro atoms. The number of hydrogen-bond donors (Lipinski definition) is 1. The summed E-state index contributed by atoms with van der Waals surface area (Å²) in [6.45, 7) is 6.34. The summed E-state index contributed by atoms with van der Waals surface area (Å²) >= 11 is 0. The predicted octanol–water partition coefficient (Wildman–Crippen LogP) is 4.18. The van der Waals surface area contributed by atoms with E-state index in [-0.39, 0.29) is 5.92 Å². The van der Waals surface area contributed by atoms with Gasteiger partial charge in [0, 0.05) is 61.7 Å². The molecule has 0 saturated carbocycles. The largest absolute Gasteiger partial charge is 0.411 e. The van der Waals surface area contributed by atoms with Crippen molar-refractivity contribution in [1.82, 2.24) is 9.29 Å². The molecule has 1 atom stereocenters. The molecule has 0 radical (unpaired) electrons. The van der Waals surface area contributed by atoms with Gasteiger partial charge >= 0.3 is 0 Å². The number of rotatable bonds is 7. The Morgan fingerprint density at radius 3 is 2.31 bits per heavy atom. The molecule has 1 saturated heterocycles. The van der Waals surface area contributed by atoms with Crippen molar-refractivity contribution in [1.29, 1.82) is 0 Å². The number of benzene rings is 2. The van der Waals surface area contributed by atoms with Crippen LogP contribution in [0.25, 0.3) is 0 Å². The summed E-state index contributed by atoms with van der Waals surface area (Å²) in [7, 11) is -3.15. The maximum atomic E-state index is 11.8. The first kappa shape index (κ1) is 24.9. The summed E-state index contributed by atoms with van der Waals surface area (Å²) in [5.74, 6) is 0.00621. The molecule has 1 aliphatic heterocycles. The van der Waals surface area contributed by atoms with Gasteiger partial charge in [-0.05, 0) is 54.8 Å². The molecule has 8 heteroatoms. The van der Waals surface area contributed by atoms with Crippen LogP contribution in [0.2, 0.25) is 0 Å². The number of pyridine rings is 1. The normalized spacial score (nSPS) is 16.3. The molecule has 1 N–H and O–H groups in total. The van der Waals surface area contributed by atoms with Gasteiger partial charge in [0.15, 0.2) is 0 Å². The number of anilines is 1. The molecule has 0 unspecified atom stereocenters. The standard InChI is InChI=1S/C27H32N4O3S/c1-20-6-4-5-7-25(20)26(19-27(29-32)23-12-13-28-21(2)18-23)22-8-10-24(11-9-22)30-14-16-31(17-15-30)35(3,33)34/h4-13,18,26,32H,14-17,19H2,1-3H3/t26-/m1/s1. The SMILES string of the molecule is Cc1cc(C(C[C@H](c2ccc(N3CCN(S(C)(=O)=O)CC3)cc2)c2ccccc2C)=NO)ccn1. The Bertz CT molecular complexity index is 1300. The van der Waals surface area contributed by atoms with E-state index in [1.807, 2.05) is 31.2 Å². The van der Waals surface area contributed by atoms with Crippen LogP contribution in [0.3, 0.4) is 0 Å². The van der Waals surface area contributed by atoms with Crippen LogP contribution in [0.1, 0.15) is 40.3 Å². The molecule has 184 valence electrons. The van der Waals surface area contributed by atoms with Crippen LogP contribution in [0.4, 0.5) is 5.69 Å². The minimum Gasteiger partial charge on any atom is -0.411 e. The Labute approximate surface area is 207 Å². The van der Waals surface area contributed by atoms with Crippen molar-refractivity contribution in [3.63, 3.8) is 0 Å². The van der Waals surface area contributed by atoms with E-state index < -0.39 is 10.0 Å². The minimum atomic E-state index is -3.15. The number of aryl methyl sites for hydroxylation is 2. The maximum absolute atomic E-state index is 11.8. The van der Waals surface area contributed by atoms with Crippen molar-refractivity contribution >= 4 is 21.4 Å². The average molecular weight is 493 g/mol. The lowest BCUT2D eigenvalue weighted by atomic mass is 9.83. The first-order valence-corrected chi connectivity index (χ1v) is 13.6. The quantitative estimate of drug-likeness (QED) is 0.304. The number of oxime groups is 1. The Kier molecular flexibility index (Phi) is 7.52. The Morgan fingerprint density at radius 1 is 1.03 bits per heavy atom. The van der Waals surface area contributed by atoms with Gasteiger partial charge in [0.05, 0.1) is 12.0 Å². The zero-order valence-corrected chi connectivity index (χ0v) is 21.2. The van der Waals surface area contributed by atoms with Gasteiger partial charge in [-0.15, -0.1) is 0 Å². The molecular formula is C27H32N4O3S. The van der Waals surface area contributed by atoms with Crippen LogP contribution in [0, 0.1) is 13.8 Å². The fourth-order valence-corrected chi connectivity index (χ4v) is 5.54. The van der Waals surface area contributed by atoms with Gasteiger partial charge < -0.3 is 10.1 Å². The molecule has 4 rings (SSSR count). The summed E-state index contributed by atoms with van der Waals surface area (Å²) in [4.78, 5) is 6.48. The Hall–Kier alpha value is -3.23. The minimum absolute atomic E-state index is 0.00621. The van der Waals surface area contributed by atoms with E-state index >= 15 is 0 Å². The van der Waals surface area contributed by atoms with Gasteiger partial charge in [-0.3, -0.25) is 4.98 Å². The Balaban J connectivity index is 1.60. The summed E-state index contributed by atoms with van der Waals surface area (Å²) in [6.07, 6.45) is 3.54. The van der Waals surface area contributed by atoms with Gasteiger partial charge in [0.25, 0.3) is 0 Å². The Morgan fingerprint density at radius 2 is 1.71 bits per heavy atom. The molecule has 2 heterocycles. The number of nitrogens with zero attached hydrogens (tertiary/aromatic N) is 4. The maximum Gasteiger partial charge on any atom is 0.211 e. The monoisotopic (exact) mass is 492 g/mol. The van der Waals surface area contributed by atoms with E-state index in [0.717, 1.165) is 22.5 Å². The highest BCUT2D eigenvalue weighted by molar-refractivity contribution is 7.88. The summed E-state index contributed by atoms with van der Waals surface area (Å²) in [5.41, 5.74) is 6.92. The van der Waals surface area contributed by atoms with E-state index in [2.05, 4.69) is 58.4 Å². The van der Waals surface area contributed by atoms with Crippen molar-refractivity contribution in [2.45, 2.75) is 26.2 Å². The molecule has 2 aromatic carbocycles. The van der Waals surface area contributed by atoms with Crippen LogP contribution < -0.4 is 4.90 Å². The summed E-state index contributed by atoms with van der Waals surface area (Å²) in [6, 6.07) is 20.6. The van der Waals surface area contributed by atoms with Crippen molar-refractivity contribution in [3.05, 3.63) is 94.8 Å². The molecule has 35 heavy (non-hydrogen) atoms. The van der Waals surface area contributed by atoms with Crippen LogP contribution in [0.15, 0.2) is 72.0 Å². The smallest absolute Gasteiger partial charge is 0.211 e.